The Morgan fingerprint density at radius 2 is 1.85 bits per heavy atom. The molecule has 33 heavy (non-hydrogen) atoms. The second kappa shape index (κ2) is 9.06. The number of halogens is 3. The van der Waals surface area contributed by atoms with Gasteiger partial charge in [-0.25, -0.2) is 0 Å². The summed E-state index contributed by atoms with van der Waals surface area (Å²) in [5.41, 5.74) is -2.43. The minimum Gasteiger partial charge on any atom is -0.383 e. The molecular weight excluding hydrogens is 439 g/mol. The molecule has 1 aromatic carbocycles. The summed E-state index contributed by atoms with van der Waals surface area (Å²) < 4.78 is 45.3. The van der Waals surface area contributed by atoms with Crippen LogP contribution in [-0.4, -0.2) is 84.9 Å². The number of carbonyl (C=O) groups is 3. The van der Waals surface area contributed by atoms with Crippen molar-refractivity contribution in [1.29, 1.82) is 0 Å². The van der Waals surface area contributed by atoms with Crippen LogP contribution in [0.15, 0.2) is 24.3 Å². The monoisotopic (exact) mass is 467 g/mol. The van der Waals surface area contributed by atoms with Gasteiger partial charge >= 0.3 is 6.18 Å². The summed E-state index contributed by atoms with van der Waals surface area (Å²) in [7, 11) is 1.62. The largest absolute Gasteiger partial charge is 0.416 e. The summed E-state index contributed by atoms with van der Waals surface area (Å²) in [6.07, 6.45) is -3.83. The van der Waals surface area contributed by atoms with E-state index in [1.165, 1.54) is 17.0 Å². The van der Waals surface area contributed by atoms with Crippen LogP contribution in [0.25, 0.3) is 0 Å². The summed E-state index contributed by atoms with van der Waals surface area (Å²) >= 11 is 0. The van der Waals surface area contributed by atoms with E-state index in [0.29, 0.717) is 45.6 Å². The number of nitrogens with zero attached hydrogens (tertiary/aromatic N) is 3. The van der Waals surface area contributed by atoms with Gasteiger partial charge in [0.1, 0.15) is 0 Å². The van der Waals surface area contributed by atoms with Crippen molar-refractivity contribution in [1.82, 2.24) is 14.7 Å². The van der Waals surface area contributed by atoms with Crippen LogP contribution in [0.3, 0.4) is 0 Å². The minimum atomic E-state index is -4.60. The lowest BCUT2D eigenvalue weighted by Crippen LogP contribution is -2.51. The molecular formula is C23H28F3N3O4. The molecule has 10 heteroatoms. The van der Waals surface area contributed by atoms with Gasteiger partial charge in [0, 0.05) is 58.7 Å². The van der Waals surface area contributed by atoms with Gasteiger partial charge in [-0.15, -0.1) is 0 Å². The fourth-order valence-electron chi connectivity index (χ4n) is 4.74. The normalized spacial score (nSPS) is 24.6. The van der Waals surface area contributed by atoms with E-state index < -0.39 is 29.0 Å². The van der Waals surface area contributed by atoms with E-state index >= 15 is 0 Å². The first-order chi connectivity index (χ1) is 15.7. The quantitative estimate of drug-likeness (QED) is 0.574. The number of methoxy groups -OCH3 is 1. The Labute approximate surface area is 190 Å². The molecule has 0 unspecified atom stereocenters. The lowest BCUT2D eigenvalue weighted by molar-refractivity contribution is -0.144. The van der Waals surface area contributed by atoms with Crippen molar-refractivity contribution in [2.45, 2.75) is 43.3 Å². The Kier molecular flexibility index (Phi) is 6.50. The number of piperazine rings is 1. The van der Waals surface area contributed by atoms with Gasteiger partial charge in [0.05, 0.1) is 17.6 Å². The molecule has 4 rings (SSSR count). The van der Waals surface area contributed by atoms with E-state index in [0.717, 1.165) is 18.7 Å². The Balaban J connectivity index is 1.59. The first-order valence-electron chi connectivity index (χ1n) is 11.2. The maximum atomic E-state index is 13.5. The van der Waals surface area contributed by atoms with Crippen LogP contribution in [0, 0.1) is 0 Å². The molecule has 1 saturated carbocycles. The third-order valence-electron chi connectivity index (χ3n) is 6.79. The van der Waals surface area contributed by atoms with E-state index in [9.17, 15) is 27.6 Å². The third kappa shape index (κ3) is 4.77. The number of alkyl halides is 3. The number of rotatable bonds is 7. The molecule has 0 radical (unpaired) electrons. The molecule has 0 spiro atoms. The molecule has 3 amide bonds. The molecule has 0 bridgehead atoms. The number of imide groups is 1. The van der Waals surface area contributed by atoms with Crippen molar-refractivity contribution in [3.05, 3.63) is 35.4 Å². The van der Waals surface area contributed by atoms with Crippen LogP contribution < -0.4 is 0 Å². The molecule has 2 saturated heterocycles. The zero-order valence-corrected chi connectivity index (χ0v) is 18.6. The summed E-state index contributed by atoms with van der Waals surface area (Å²) in [6, 6.07) is 4.29. The Morgan fingerprint density at radius 3 is 2.45 bits per heavy atom. The molecule has 180 valence electrons. The number of hydrogen-bond acceptors (Lipinski definition) is 5. The van der Waals surface area contributed by atoms with Gasteiger partial charge in [-0.2, -0.15) is 13.2 Å². The number of benzene rings is 1. The van der Waals surface area contributed by atoms with Crippen LogP contribution in [0.1, 0.15) is 36.8 Å². The van der Waals surface area contributed by atoms with Gasteiger partial charge in [0.2, 0.25) is 17.7 Å². The number of likely N-dealkylation sites (tertiary alicyclic amines) is 1. The SMILES string of the molecule is COCCN1CCN(C(=O)C[C@@]2(c3cccc(C(F)(F)F)c3)CC(=O)N(C3CC3)C2=O)CC1. The Hall–Kier alpha value is -2.46. The minimum absolute atomic E-state index is 0.0749. The van der Waals surface area contributed by atoms with E-state index in [1.807, 2.05) is 0 Å². The lowest BCUT2D eigenvalue weighted by Gasteiger charge is -2.36. The maximum absolute atomic E-state index is 13.5. The molecule has 1 aliphatic carbocycles. The van der Waals surface area contributed by atoms with E-state index in [2.05, 4.69) is 4.90 Å². The number of amides is 3. The van der Waals surface area contributed by atoms with Crippen LogP contribution >= 0.6 is 0 Å². The average Bonchev–Trinajstić information content (AvgIpc) is 3.58. The summed E-state index contributed by atoms with van der Waals surface area (Å²) in [6.45, 7) is 3.53. The Bertz CT molecular complexity index is 926. The number of carbonyl (C=O) groups excluding carboxylic acids is 3. The zero-order chi connectivity index (χ0) is 23.8. The first kappa shape index (κ1) is 23.7. The lowest BCUT2D eigenvalue weighted by atomic mass is 9.75. The summed E-state index contributed by atoms with van der Waals surface area (Å²) in [5, 5.41) is 0. The smallest absolute Gasteiger partial charge is 0.383 e. The number of ether oxygens (including phenoxy) is 1. The Morgan fingerprint density at radius 1 is 1.15 bits per heavy atom. The molecule has 7 nitrogen and oxygen atoms in total. The molecule has 3 fully saturated rings. The van der Waals surface area contributed by atoms with E-state index in [1.54, 1.807) is 12.0 Å². The molecule has 0 N–H and O–H groups in total. The van der Waals surface area contributed by atoms with Gasteiger partial charge in [0.15, 0.2) is 0 Å². The topological polar surface area (TPSA) is 70.2 Å². The second-order valence-corrected chi connectivity index (χ2v) is 9.03. The van der Waals surface area contributed by atoms with Gasteiger partial charge in [0.25, 0.3) is 0 Å². The van der Waals surface area contributed by atoms with Crippen molar-refractivity contribution < 1.29 is 32.3 Å². The highest BCUT2D eigenvalue weighted by Crippen LogP contribution is 2.45. The molecule has 1 aromatic rings. The fourth-order valence-corrected chi connectivity index (χ4v) is 4.74. The summed E-state index contributed by atoms with van der Waals surface area (Å²) in [4.78, 5) is 44.5. The highest BCUT2D eigenvalue weighted by atomic mass is 19.4. The predicted molar refractivity (Wildman–Crippen MR) is 112 cm³/mol. The van der Waals surface area contributed by atoms with Crippen LogP contribution in [0.5, 0.6) is 0 Å². The number of hydrogen-bond donors (Lipinski definition) is 0. The highest BCUT2D eigenvalue weighted by Gasteiger charge is 2.57. The van der Waals surface area contributed by atoms with Crippen LogP contribution in [0.2, 0.25) is 0 Å². The van der Waals surface area contributed by atoms with Crippen molar-refractivity contribution in [2.75, 3.05) is 46.4 Å². The molecule has 2 aliphatic heterocycles. The van der Waals surface area contributed by atoms with Crippen LogP contribution in [0.4, 0.5) is 13.2 Å². The van der Waals surface area contributed by atoms with E-state index in [4.69, 9.17) is 4.74 Å². The molecule has 0 aromatic heterocycles. The zero-order valence-electron chi connectivity index (χ0n) is 18.6. The standard InChI is InChI=1S/C23H28F3N3O4/c1-33-12-11-27-7-9-28(10-8-27)19(30)14-22(15-20(31)29(21(22)32)18-5-6-18)16-3-2-4-17(13-16)23(24,25)26/h2-4,13,18H,5-12,14-15H2,1H3/t22-/m0/s1. The van der Waals surface area contributed by atoms with Gasteiger partial charge in [-0.1, -0.05) is 18.2 Å². The average molecular weight is 467 g/mol. The summed E-state index contributed by atoms with van der Waals surface area (Å²) in [5.74, 6) is -1.30. The highest BCUT2D eigenvalue weighted by molar-refractivity contribution is 6.11. The van der Waals surface area contributed by atoms with Crippen molar-refractivity contribution >= 4 is 17.7 Å². The third-order valence-corrected chi connectivity index (χ3v) is 6.79. The van der Waals surface area contributed by atoms with Crippen molar-refractivity contribution in [3.63, 3.8) is 0 Å². The van der Waals surface area contributed by atoms with Gasteiger partial charge < -0.3 is 9.64 Å². The van der Waals surface area contributed by atoms with Crippen molar-refractivity contribution in [2.24, 2.45) is 0 Å². The second-order valence-electron chi connectivity index (χ2n) is 9.03. The molecule has 2 heterocycles. The molecule has 1 atom stereocenters. The van der Waals surface area contributed by atoms with Crippen LogP contribution in [-0.2, 0) is 30.7 Å². The van der Waals surface area contributed by atoms with E-state index in [-0.39, 0.29) is 30.4 Å². The van der Waals surface area contributed by atoms with Gasteiger partial charge in [-0.3, -0.25) is 24.2 Å². The predicted octanol–water partition coefficient (Wildman–Crippen LogP) is 2.05. The van der Waals surface area contributed by atoms with Gasteiger partial charge in [-0.05, 0) is 24.5 Å². The fraction of sp³-hybridized carbons (Fsp3) is 0.609. The maximum Gasteiger partial charge on any atom is 0.416 e. The first-order valence-corrected chi connectivity index (χ1v) is 11.2. The van der Waals surface area contributed by atoms with Crippen molar-refractivity contribution in [3.8, 4) is 0 Å². The molecule has 3 aliphatic rings.